The SMILES string of the molecule is CC(C)CNC[C@@H](C)NS(=O)(=O)c1ccc2cnccc2c1.Cl.Cl. The van der Waals surface area contributed by atoms with Crippen LogP contribution in [-0.4, -0.2) is 32.5 Å². The monoisotopic (exact) mass is 393 g/mol. The van der Waals surface area contributed by atoms with Gasteiger partial charge in [0.15, 0.2) is 0 Å². The Morgan fingerprint density at radius 3 is 2.42 bits per heavy atom. The molecule has 0 unspecified atom stereocenters. The number of halogens is 2. The molecule has 0 radical (unpaired) electrons. The van der Waals surface area contributed by atoms with Crippen molar-refractivity contribution in [1.29, 1.82) is 0 Å². The summed E-state index contributed by atoms with van der Waals surface area (Å²) in [5, 5.41) is 5.04. The molecule has 2 N–H and O–H groups in total. The van der Waals surface area contributed by atoms with Gasteiger partial charge < -0.3 is 5.32 Å². The highest BCUT2D eigenvalue weighted by atomic mass is 35.5. The quantitative estimate of drug-likeness (QED) is 0.758. The molecule has 0 saturated carbocycles. The van der Waals surface area contributed by atoms with E-state index in [1.54, 1.807) is 30.6 Å². The average Bonchev–Trinajstić information content (AvgIpc) is 2.45. The zero-order chi connectivity index (χ0) is 16.2. The first kappa shape index (κ1) is 23.1. The van der Waals surface area contributed by atoms with Crippen LogP contribution in [0.15, 0.2) is 41.6 Å². The highest BCUT2D eigenvalue weighted by Crippen LogP contribution is 2.18. The van der Waals surface area contributed by atoms with Gasteiger partial charge >= 0.3 is 0 Å². The second-order valence-electron chi connectivity index (χ2n) is 5.96. The average molecular weight is 394 g/mol. The molecule has 2 rings (SSSR count). The van der Waals surface area contributed by atoms with Gasteiger partial charge in [0.05, 0.1) is 4.90 Å². The molecule has 1 heterocycles. The first-order valence-corrected chi connectivity index (χ1v) is 8.93. The normalized spacial score (nSPS) is 12.5. The zero-order valence-electron chi connectivity index (χ0n) is 14.0. The molecule has 0 fully saturated rings. The van der Waals surface area contributed by atoms with E-state index < -0.39 is 10.0 Å². The number of aromatic nitrogens is 1. The van der Waals surface area contributed by atoms with Gasteiger partial charge in [0.1, 0.15) is 0 Å². The standard InChI is InChI=1S/C16H23N3O2S.2ClH/c1-12(2)9-18-10-13(3)19-22(20,21)16-5-4-15-11-17-7-6-14(15)8-16;;/h4-8,11-13,18-19H,9-10H2,1-3H3;2*1H/t13-;;/m1../s1. The Hall–Kier alpha value is -0.920. The Morgan fingerprint density at radius 2 is 1.75 bits per heavy atom. The van der Waals surface area contributed by atoms with Crippen LogP contribution < -0.4 is 10.0 Å². The maximum Gasteiger partial charge on any atom is 0.240 e. The molecule has 2 aromatic rings. The maximum absolute atomic E-state index is 12.4. The van der Waals surface area contributed by atoms with Crippen LogP contribution in [0, 0.1) is 5.92 Å². The van der Waals surface area contributed by atoms with E-state index in [4.69, 9.17) is 0 Å². The van der Waals surface area contributed by atoms with Gasteiger partial charge in [0.2, 0.25) is 10.0 Å². The largest absolute Gasteiger partial charge is 0.315 e. The van der Waals surface area contributed by atoms with Crippen LogP contribution in [0.25, 0.3) is 10.8 Å². The van der Waals surface area contributed by atoms with E-state index in [1.165, 1.54) is 0 Å². The third kappa shape index (κ3) is 6.53. The molecule has 1 atom stereocenters. The van der Waals surface area contributed by atoms with Crippen LogP contribution in [0.2, 0.25) is 0 Å². The second kappa shape index (κ2) is 10.2. The van der Waals surface area contributed by atoms with Crippen LogP contribution in [0.5, 0.6) is 0 Å². The zero-order valence-corrected chi connectivity index (χ0v) is 16.5. The van der Waals surface area contributed by atoms with E-state index in [1.807, 2.05) is 13.0 Å². The van der Waals surface area contributed by atoms with Crippen LogP contribution in [0.1, 0.15) is 20.8 Å². The van der Waals surface area contributed by atoms with E-state index in [0.717, 1.165) is 17.3 Å². The van der Waals surface area contributed by atoms with E-state index in [-0.39, 0.29) is 35.8 Å². The van der Waals surface area contributed by atoms with Crippen LogP contribution in [-0.2, 0) is 10.0 Å². The van der Waals surface area contributed by atoms with Gasteiger partial charge in [-0.15, -0.1) is 24.8 Å². The van der Waals surface area contributed by atoms with Crippen LogP contribution in [0.3, 0.4) is 0 Å². The third-order valence-electron chi connectivity index (χ3n) is 3.28. The molecule has 0 aliphatic carbocycles. The molecule has 0 saturated heterocycles. The lowest BCUT2D eigenvalue weighted by Crippen LogP contribution is -2.40. The number of hydrogen-bond acceptors (Lipinski definition) is 4. The van der Waals surface area contributed by atoms with Crippen molar-refractivity contribution < 1.29 is 8.42 Å². The molecule has 0 spiro atoms. The fourth-order valence-electron chi connectivity index (χ4n) is 2.19. The van der Waals surface area contributed by atoms with E-state index in [0.29, 0.717) is 12.5 Å². The third-order valence-corrected chi connectivity index (χ3v) is 4.87. The van der Waals surface area contributed by atoms with Crippen molar-refractivity contribution in [1.82, 2.24) is 15.0 Å². The highest BCUT2D eigenvalue weighted by Gasteiger charge is 2.17. The lowest BCUT2D eigenvalue weighted by molar-refractivity contribution is 0.502. The van der Waals surface area contributed by atoms with Crippen molar-refractivity contribution in [3.63, 3.8) is 0 Å². The van der Waals surface area contributed by atoms with Gasteiger partial charge in [-0.3, -0.25) is 4.98 Å². The van der Waals surface area contributed by atoms with Gasteiger partial charge in [-0.05, 0) is 43.0 Å². The van der Waals surface area contributed by atoms with Gasteiger partial charge in [-0.25, -0.2) is 13.1 Å². The number of sulfonamides is 1. The fraction of sp³-hybridized carbons (Fsp3) is 0.438. The predicted octanol–water partition coefficient (Wildman–Crippen LogP) is 2.99. The van der Waals surface area contributed by atoms with Crippen molar-refractivity contribution in [3.8, 4) is 0 Å². The lowest BCUT2D eigenvalue weighted by atomic mass is 10.2. The molecule has 24 heavy (non-hydrogen) atoms. The maximum atomic E-state index is 12.4. The summed E-state index contributed by atoms with van der Waals surface area (Å²) in [6.45, 7) is 7.57. The number of fused-ring (bicyclic) bond motifs is 1. The minimum Gasteiger partial charge on any atom is -0.315 e. The molecule has 1 aromatic heterocycles. The molecular weight excluding hydrogens is 369 g/mol. The Kier molecular flexibility index (Phi) is 9.77. The molecule has 136 valence electrons. The minimum atomic E-state index is -3.51. The van der Waals surface area contributed by atoms with Crippen molar-refractivity contribution in [3.05, 3.63) is 36.7 Å². The summed E-state index contributed by atoms with van der Waals surface area (Å²) >= 11 is 0. The highest BCUT2D eigenvalue weighted by molar-refractivity contribution is 7.89. The fourth-order valence-corrected chi connectivity index (χ4v) is 3.47. The van der Waals surface area contributed by atoms with Gasteiger partial charge in [0.25, 0.3) is 0 Å². The van der Waals surface area contributed by atoms with E-state index >= 15 is 0 Å². The molecule has 0 amide bonds. The molecule has 0 bridgehead atoms. The molecule has 0 aliphatic rings. The van der Waals surface area contributed by atoms with Gasteiger partial charge in [0, 0.05) is 30.4 Å². The number of hydrogen-bond donors (Lipinski definition) is 2. The summed E-state index contributed by atoms with van der Waals surface area (Å²) in [6, 6.07) is 6.70. The summed E-state index contributed by atoms with van der Waals surface area (Å²) in [5.41, 5.74) is 0. The van der Waals surface area contributed by atoms with Crippen molar-refractivity contribution in [2.75, 3.05) is 13.1 Å². The topological polar surface area (TPSA) is 71.1 Å². The Balaban J connectivity index is 0.00000264. The molecule has 0 aliphatic heterocycles. The van der Waals surface area contributed by atoms with Gasteiger partial charge in [-0.1, -0.05) is 19.9 Å². The molecular formula is C16H25Cl2N3O2S. The number of pyridine rings is 1. The number of nitrogens with zero attached hydrogens (tertiary/aromatic N) is 1. The Bertz CT molecular complexity index is 739. The molecule has 5 nitrogen and oxygen atoms in total. The van der Waals surface area contributed by atoms with E-state index in [2.05, 4.69) is 28.9 Å². The number of benzene rings is 1. The van der Waals surface area contributed by atoms with Crippen molar-refractivity contribution in [2.24, 2.45) is 5.92 Å². The number of nitrogens with one attached hydrogen (secondary N) is 2. The summed E-state index contributed by atoms with van der Waals surface area (Å²) in [7, 11) is -3.51. The van der Waals surface area contributed by atoms with E-state index in [9.17, 15) is 8.42 Å². The second-order valence-corrected chi connectivity index (χ2v) is 7.67. The summed E-state index contributed by atoms with van der Waals surface area (Å²) in [5.74, 6) is 0.540. The minimum absolute atomic E-state index is 0. The van der Waals surface area contributed by atoms with Crippen LogP contribution in [0.4, 0.5) is 0 Å². The van der Waals surface area contributed by atoms with Crippen LogP contribution >= 0.6 is 24.8 Å². The Morgan fingerprint density at radius 1 is 1.04 bits per heavy atom. The summed E-state index contributed by atoms with van der Waals surface area (Å²) in [6.07, 6.45) is 3.38. The number of rotatable bonds is 7. The van der Waals surface area contributed by atoms with Crippen molar-refractivity contribution >= 4 is 45.6 Å². The molecule has 1 aromatic carbocycles. The predicted molar refractivity (Wildman–Crippen MR) is 104 cm³/mol. The lowest BCUT2D eigenvalue weighted by Gasteiger charge is -2.16. The first-order chi connectivity index (χ1) is 10.4. The summed E-state index contributed by atoms with van der Waals surface area (Å²) < 4.78 is 27.6. The van der Waals surface area contributed by atoms with Crippen molar-refractivity contribution in [2.45, 2.75) is 31.7 Å². The smallest absolute Gasteiger partial charge is 0.240 e. The first-order valence-electron chi connectivity index (χ1n) is 7.45. The summed E-state index contributed by atoms with van der Waals surface area (Å²) in [4.78, 5) is 4.31. The molecule has 8 heteroatoms. The van der Waals surface area contributed by atoms with Gasteiger partial charge in [-0.2, -0.15) is 0 Å². The Labute approximate surface area is 156 Å².